The van der Waals surface area contributed by atoms with E-state index in [1.54, 1.807) is 0 Å². The molecule has 22 heavy (non-hydrogen) atoms. The summed E-state index contributed by atoms with van der Waals surface area (Å²) in [5, 5.41) is 2.16. The van der Waals surface area contributed by atoms with Gasteiger partial charge in [0.25, 0.3) is 0 Å². The van der Waals surface area contributed by atoms with Crippen LogP contribution in [-0.2, 0) is 0 Å². The van der Waals surface area contributed by atoms with E-state index in [9.17, 15) is 0 Å². The Kier molecular flexibility index (Phi) is 13.7. The smallest absolute Gasteiger partial charge is 0.0564 e. The summed E-state index contributed by atoms with van der Waals surface area (Å²) < 4.78 is 0. The molecule has 0 saturated carbocycles. The van der Waals surface area contributed by atoms with Crippen LogP contribution in [-0.4, -0.2) is 17.6 Å². The molecule has 2 N–H and O–H groups in total. The van der Waals surface area contributed by atoms with Gasteiger partial charge in [-0.3, -0.25) is 5.01 Å². The second kappa shape index (κ2) is 14.1. The Morgan fingerprint density at radius 2 is 1.36 bits per heavy atom. The van der Waals surface area contributed by atoms with Crippen LogP contribution in [0.3, 0.4) is 0 Å². The van der Waals surface area contributed by atoms with Gasteiger partial charge in [0, 0.05) is 13.2 Å². The molecule has 0 aromatic rings. The summed E-state index contributed by atoms with van der Waals surface area (Å²) in [6.07, 6.45) is 17.9. The van der Waals surface area contributed by atoms with Crippen LogP contribution in [0.4, 0.5) is 0 Å². The van der Waals surface area contributed by atoms with Crippen LogP contribution >= 0.6 is 0 Å². The lowest BCUT2D eigenvalue weighted by Gasteiger charge is -2.42. The maximum Gasteiger partial charge on any atom is 0.0564 e. The molecule has 0 unspecified atom stereocenters. The topological polar surface area (TPSA) is 27.3 Å². The summed E-state index contributed by atoms with van der Waals surface area (Å²) in [5.41, 5.74) is 6.44. The summed E-state index contributed by atoms with van der Waals surface area (Å²) in [6.45, 7) is 10.8. The largest absolute Gasteiger partial charge is 0.297 e. The third-order valence-corrected chi connectivity index (χ3v) is 4.99. The van der Waals surface area contributed by atoms with Crippen LogP contribution in [0, 0.1) is 0 Å². The van der Waals surface area contributed by atoms with Gasteiger partial charge in [-0.1, -0.05) is 85.1 Å². The number of nitrogens with zero attached hydrogens (tertiary/aromatic N) is 1. The molecule has 0 heterocycles. The summed E-state index contributed by atoms with van der Waals surface area (Å²) in [4.78, 5) is 0. The highest BCUT2D eigenvalue weighted by Gasteiger charge is 2.30. The van der Waals surface area contributed by atoms with Crippen molar-refractivity contribution in [2.24, 2.45) is 0 Å². The van der Waals surface area contributed by atoms with Crippen molar-refractivity contribution in [3.8, 4) is 0 Å². The molecule has 0 amide bonds. The fourth-order valence-electron chi connectivity index (χ4n) is 3.31. The minimum absolute atomic E-state index is 0.186. The average Bonchev–Trinajstić information content (AvgIpc) is 2.55. The van der Waals surface area contributed by atoms with E-state index in [-0.39, 0.29) is 5.54 Å². The highest BCUT2D eigenvalue weighted by Crippen LogP contribution is 2.29. The summed E-state index contributed by atoms with van der Waals surface area (Å²) in [6, 6.07) is 0. The summed E-state index contributed by atoms with van der Waals surface area (Å²) >= 11 is 0. The molecule has 0 spiro atoms. The highest BCUT2D eigenvalue weighted by molar-refractivity contribution is 4.90. The molecular weight excluding hydrogens is 270 g/mol. The SMILES string of the molecule is C=CN(NNC)C(CC)(CC)CCCCCCCCCCC. The third kappa shape index (κ3) is 8.19. The Bertz CT molecular complexity index is 249. The predicted molar refractivity (Wildman–Crippen MR) is 99.4 cm³/mol. The fourth-order valence-corrected chi connectivity index (χ4v) is 3.31. The van der Waals surface area contributed by atoms with Crippen molar-refractivity contribution in [1.82, 2.24) is 16.0 Å². The number of rotatable bonds is 16. The van der Waals surface area contributed by atoms with Crippen LogP contribution in [0.5, 0.6) is 0 Å². The Hall–Kier alpha value is -0.540. The van der Waals surface area contributed by atoms with E-state index in [0.717, 1.165) is 12.8 Å². The minimum Gasteiger partial charge on any atom is -0.297 e. The van der Waals surface area contributed by atoms with Crippen molar-refractivity contribution in [2.75, 3.05) is 7.05 Å². The van der Waals surface area contributed by atoms with Gasteiger partial charge < -0.3 is 0 Å². The molecule has 0 rings (SSSR count). The first-order valence-electron chi connectivity index (χ1n) is 9.55. The highest BCUT2D eigenvalue weighted by atomic mass is 15.7. The van der Waals surface area contributed by atoms with Crippen molar-refractivity contribution in [1.29, 1.82) is 0 Å². The fraction of sp³-hybridized carbons (Fsp3) is 0.895. The van der Waals surface area contributed by atoms with Crippen molar-refractivity contribution in [2.45, 2.75) is 103 Å². The Balaban J connectivity index is 3.97. The average molecular weight is 312 g/mol. The van der Waals surface area contributed by atoms with Crippen LogP contribution in [0.1, 0.15) is 97.8 Å². The zero-order valence-corrected chi connectivity index (χ0v) is 15.7. The van der Waals surface area contributed by atoms with Gasteiger partial charge in [0.15, 0.2) is 0 Å². The number of nitrogens with one attached hydrogen (secondary N) is 2. The molecule has 0 aliphatic heterocycles. The standard InChI is InChI=1S/C19H41N3/c1-6-10-11-12-13-14-15-16-17-18-19(7-2,8-3)22(9-4)21-20-5/h9,20-21H,4,6-8,10-18H2,1-3,5H3. The van der Waals surface area contributed by atoms with Crippen LogP contribution in [0.2, 0.25) is 0 Å². The van der Waals surface area contributed by atoms with Gasteiger partial charge in [0.05, 0.1) is 5.54 Å². The maximum absolute atomic E-state index is 3.96. The molecule has 0 radical (unpaired) electrons. The lowest BCUT2D eigenvalue weighted by molar-refractivity contribution is 0.0516. The van der Waals surface area contributed by atoms with Gasteiger partial charge in [-0.15, -0.1) is 0 Å². The molecular formula is C19H41N3. The monoisotopic (exact) mass is 311 g/mol. The van der Waals surface area contributed by atoms with E-state index in [2.05, 4.69) is 43.3 Å². The normalized spacial score (nSPS) is 11.6. The first-order valence-corrected chi connectivity index (χ1v) is 9.55. The van der Waals surface area contributed by atoms with Gasteiger partial charge in [-0.25, -0.2) is 5.43 Å². The van der Waals surface area contributed by atoms with Crippen LogP contribution in [0.25, 0.3) is 0 Å². The third-order valence-electron chi connectivity index (χ3n) is 4.99. The number of hydrogen-bond acceptors (Lipinski definition) is 3. The van der Waals surface area contributed by atoms with Crippen molar-refractivity contribution in [3.63, 3.8) is 0 Å². The van der Waals surface area contributed by atoms with Crippen molar-refractivity contribution in [3.05, 3.63) is 12.8 Å². The first kappa shape index (κ1) is 21.5. The van der Waals surface area contributed by atoms with E-state index >= 15 is 0 Å². The van der Waals surface area contributed by atoms with Gasteiger partial charge in [-0.2, -0.15) is 5.53 Å². The Labute approximate surface area is 139 Å². The number of hydrazine groups is 2. The molecule has 0 aliphatic rings. The molecule has 0 atom stereocenters. The zero-order valence-electron chi connectivity index (χ0n) is 15.7. The van der Waals surface area contributed by atoms with E-state index in [0.29, 0.717) is 0 Å². The van der Waals surface area contributed by atoms with E-state index in [1.165, 1.54) is 64.2 Å². The molecule has 3 heteroatoms. The molecule has 0 aliphatic carbocycles. The lowest BCUT2D eigenvalue weighted by Crippen LogP contribution is -2.55. The van der Waals surface area contributed by atoms with Gasteiger partial charge in [0.1, 0.15) is 0 Å². The van der Waals surface area contributed by atoms with Gasteiger partial charge in [0.2, 0.25) is 0 Å². The number of hydrogen-bond donors (Lipinski definition) is 2. The second-order valence-electron chi connectivity index (χ2n) is 6.42. The van der Waals surface area contributed by atoms with E-state index in [4.69, 9.17) is 0 Å². The molecule has 132 valence electrons. The zero-order chi connectivity index (χ0) is 16.7. The van der Waals surface area contributed by atoms with Crippen LogP contribution in [0.15, 0.2) is 12.8 Å². The predicted octanol–water partition coefficient (Wildman–Crippen LogP) is 5.55. The molecule has 0 aromatic heterocycles. The van der Waals surface area contributed by atoms with E-state index in [1.807, 2.05) is 13.2 Å². The van der Waals surface area contributed by atoms with E-state index < -0.39 is 0 Å². The quantitative estimate of drug-likeness (QED) is 0.289. The van der Waals surface area contributed by atoms with Crippen molar-refractivity contribution >= 4 is 0 Å². The first-order chi connectivity index (χ1) is 10.7. The summed E-state index contributed by atoms with van der Waals surface area (Å²) in [7, 11) is 1.91. The molecule has 0 aromatic carbocycles. The number of unbranched alkanes of at least 4 members (excludes halogenated alkanes) is 8. The van der Waals surface area contributed by atoms with Crippen molar-refractivity contribution < 1.29 is 0 Å². The van der Waals surface area contributed by atoms with Crippen LogP contribution < -0.4 is 11.0 Å². The molecule has 3 nitrogen and oxygen atoms in total. The molecule has 0 bridgehead atoms. The minimum atomic E-state index is 0.186. The second-order valence-corrected chi connectivity index (χ2v) is 6.42. The maximum atomic E-state index is 3.96. The van der Waals surface area contributed by atoms with Gasteiger partial charge >= 0.3 is 0 Å². The molecule has 0 fully saturated rings. The molecule has 0 saturated heterocycles. The van der Waals surface area contributed by atoms with Gasteiger partial charge in [-0.05, 0) is 19.3 Å². The Morgan fingerprint density at radius 3 is 1.77 bits per heavy atom. The Morgan fingerprint density at radius 1 is 0.864 bits per heavy atom. The lowest BCUT2D eigenvalue weighted by atomic mass is 9.86. The summed E-state index contributed by atoms with van der Waals surface area (Å²) in [5.74, 6) is 0.